The number of hydrogen-bond acceptors (Lipinski definition) is 2. The van der Waals surface area contributed by atoms with Crippen LogP contribution in [-0.2, 0) is 4.79 Å². The Labute approximate surface area is 85.5 Å². The van der Waals surface area contributed by atoms with Gasteiger partial charge in [0.2, 0.25) is 5.91 Å². The van der Waals surface area contributed by atoms with Crippen LogP contribution < -0.4 is 5.32 Å². The van der Waals surface area contributed by atoms with Gasteiger partial charge in [0.15, 0.2) is 0 Å². The van der Waals surface area contributed by atoms with E-state index in [9.17, 15) is 4.79 Å². The fourth-order valence-electron chi connectivity index (χ4n) is 0.804. The lowest BCUT2D eigenvalue weighted by Gasteiger charge is -2.03. The molecule has 1 unspecified atom stereocenters. The van der Waals surface area contributed by atoms with Crippen LogP contribution in [0.3, 0.4) is 0 Å². The highest BCUT2D eigenvalue weighted by molar-refractivity contribution is 5.87. The van der Waals surface area contributed by atoms with Gasteiger partial charge in [-0.3, -0.25) is 4.79 Å². The van der Waals surface area contributed by atoms with E-state index in [1.54, 1.807) is 18.2 Å². The van der Waals surface area contributed by atoms with Gasteiger partial charge in [-0.15, -0.1) is 0 Å². The second kappa shape index (κ2) is 7.33. The Morgan fingerprint density at radius 2 is 2.07 bits per heavy atom. The summed E-state index contributed by atoms with van der Waals surface area (Å²) < 4.78 is 0. The van der Waals surface area contributed by atoms with Crippen LogP contribution in [-0.4, -0.2) is 23.2 Å². The van der Waals surface area contributed by atoms with Crippen molar-refractivity contribution in [1.82, 2.24) is 5.32 Å². The zero-order valence-corrected chi connectivity index (χ0v) is 9.03. The lowest BCUT2D eigenvalue weighted by molar-refractivity contribution is -0.116. The first-order valence-electron chi connectivity index (χ1n) is 4.89. The summed E-state index contributed by atoms with van der Waals surface area (Å²) >= 11 is 0. The van der Waals surface area contributed by atoms with Crippen LogP contribution >= 0.6 is 0 Å². The Kier molecular flexibility index (Phi) is 6.76. The van der Waals surface area contributed by atoms with Crippen molar-refractivity contribution in [2.24, 2.45) is 0 Å². The van der Waals surface area contributed by atoms with E-state index in [0.29, 0.717) is 6.42 Å². The smallest absolute Gasteiger partial charge is 0.244 e. The minimum Gasteiger partial charge on any atom is -0.389 e. The molecule has 0 aromatic heterocycles. The summed E-state index contributed by atoms with van der Waals surface area (Å²) in [5, 5.41) is 11.9. The third kappa shape index (κ3) is 7.55. The number of carbonyl (C=O) groups is 1. The second-order valence-corrected chi connectivity index (χ2v) is 3.38. The first-order chi connectivity index (χ1) is 6.56. The van der Waals surface area contributed by atoms with Crippen LogP contribution in [0.2, 0.25) is 0 Å². The highest BCUT2D eigenvalue weighted by atomic mass is 16.3. The third-order valence-corrected chi connectivity index (χ3v) is 1.54. The van der Waals surface area contributed by atoms with Gasteiger partial charge in [-0.2, -0.15) is 0 Å². The summed E-state index contributed by atoms with van der Waals surface area (Å²) in [7, 11) is 0. The highest BCUT2D eigenvalue weighted by Crippen LogP contribution is 1.91. The molecular formula is C11H19NO2. The molecule has 0 aromatic rings. The fourth-order valence-corrected chi connectivity index (χ4v) is 0.804. The van der Waals surface area contributed by atoms with E-state index in [2.05, 4.69) is 5.32 Å². The summed E-state index contributed by atoms with van der Waals surface area (Å²) in [4.78, 5) is 11.1. The average Bonchev–Trinajstić information content (AvgIpc) is 2.10. The number of amides is 1. The number of nitrogens with one attached hydrogen (secondary N) is 1. The topological polar surface area (TPSA) is 49.3 Å². The van der Waals surface area contributed by atoms with Crippen LogP contribution in [0.25, 0.3) is 0 Å². The molecule has 14 heavy (non-hydrogen) atoms. The lowest BCUT2D eigenvalue weighted by atomic mass is 10.2. The predicted octanol–water partition coefficient (Wildman–Crippen LogP) is 1.39. The van der Waals surface area contributed by atoms with Crippen LogP contribution in [0.5, 0.6) is 0 Å². The van der Waals surface area contributed by atoms with Gasteiger partial charge in [0.05, 0.1) is 6.10 Å². The van der Waals surface area contributed by atoms with Crippen LogP contribution in [0, 0.1) is 0 Å². The number of aliphatic hydroxyl groups excluding tert-OH is 1. The van der Waals surface area contributed by atoms with E-state index < -0.39 is 6.10 Å². The van der Waals surface area contributed by atoms with E-state index in [0.717, 1.165) is 0 Å². The van der Waals surface area contributed by atoms with Gasteiger partial charge in [0.1, 0.15) is 0 Å². The van der Waals surface area contributed by atoms with Crippen molar-refractivity contribution in [3.05, 3.63) is 24.3 Å². The Balaban J connectivity index is 3.82. The summed E-state index contributed by atoms with van der Waals surface area (Å²) in [6.07, 6.45) is 6.65. The second-order valence-electron chi connectivity index (χ2n) is 3.38. The minimum atomic E-state index is -0.423. The quantitative estimate of drug-likeness (QED) is 0.517. The van der Waals surface area contributed by atoms with Gasteiger partial charge in [-0.05, 0) is 20.3 Å². The van der Waals surface area contributed by atoms with E-state index in [1.165, 1.54) is 6.08 Å². The molecule has 0 heterocycles. The molecule has 1 atom stereocenters. The van der Waals surface area contributed by atoms with Crippen molar-refractivity contribution >= 4 is 5.91 Å². The van der Waals surface area contributed by atoms with Crippen molar-refractivity contribution in [2.75, 3.05) is 0 Å². The molecule has 0 bridgehead atoms. The normalized spacial score (nSPS) is 14.1. The van der Waals surface area contributed by atoms with E-state index in [1.807, 2.05) is 20.8 Å². The summed E-state index contributed by atoms with van der Waals surface area (Å²) in [5.41, 5.74) is 0. The van der Waals surface area contributed by atoms with Gasteiger partial charge >= 0.3 is 0 Å². The zero-order valence-electron chi connectivity index (χ0n) is 9.03. The molecule has 0 aliphatic rings. The maximum Gasteiger partial charge on any atom is 0.244 e. The molecule has 1 amide bonds. The maximum absolute atomic E-state index is 11.1. The number of allylic oxidation sites excluding steroid dienone is 2. The molecule has 0 aliphatic carbocycles. The van der Waals surface area contributed by atoms with Crippen molar-refractivity contribution < 1.29 is 9.90 Å². The number of rotatable bonds is 5. The largest absolute Gasteiger partial charge is 0.389 e. The summed E-state index contributed by atoms with van der Waals surface area (Å²) in [6.45, 7) is 5.70. The molecule has 0 spiro atoms. The standard InChI is InChI=1S/C11H19NO2/c1-4-10(13)7-5-6-8-11(14)12-9(2)3/h5-10,13H,4H2,1-3H3,(H,12,14)/b7-5+,8-6+. The molecule has 80 valence electrons. The van der Waals surface area contributed by atoms with Crippen LogP contribution in [0.15, 0.2) is 24.3 Å². The van der Waals surface area contributed by atoms with Gasteiger partial charge in [0, 0.05) is 12.1 Å². The molecule has 0 aliphatic heterocycles. The number of aliphatic hydroxyl groups is 1. The molecular weight excluding hydrogens is 178 g/mol. The Bertz CT molecular complexity index is 219. The summed E-state index contributed by atoms with van der Waals surface area (Å²) in [5.74, 6) is -0.115. The predicted molar refractivity (Wildman–Crippen MR) is 57.9 cm³/mol. The van der Waals surface area contributed by atoms with E-state index in [4.69, 9.17) is 5.11 Å². The molecule has 0 radical (unpaired) electrons. The lowest BCUT2D eigenvalue weighted by Crippen LogP contribution is -2.28. The van der Waals surface area contributed by atoms with Gasteiger partial charge in [0.25, 0.3) is 0 Å². The zero-order chi connectivity index (χ0) is 11.0. The molecule has 0 aromatic carbocycles. The van der Waals surface area contributed by atoms with Gasteiger partial charge < -0.3 is 10.4 Å². The number of carbonyl (C=O) groups excluding carboxylic acids is 1. The Hall–Kier alpha value is -1.09. The SMILES string of the molecule is CCC(O)/C=C/C=C/C(=O)NC(C)C. The van der Waals surface area contributed by atoms with Crippen LogP contribution in [0.1, 0.15) is 27.2 Å². The van der Waals surface area contributed by atoms with Gasteiger partial charge in [-0.1, -0.05) is 25.2 Å². The number of hydrogen-bond donors (Lipinski definition) is 2. The highest BCUT2D eigenvalue weighted by Gasteiger charge is 1.95. The molecule has 0 fully saturated rings. The van der Waals surface area contributed by atoms with Crippen molar-refractivity contribution in [2.45, 2.75) is 39.3 Å². The van der Waals surface area contributed by atoms with Crippen molar-refractivity contribution in [1.29, 1.82) is 0 Å². The monoisotopic (exact) mass is 197 g/mol. The molecule has 0 rings (SSSR count). The third-order valence-electron chi connectivity index (χ3n) is 1.54. The van der Waals surface area contributed by atoms with Crippen molar-refractivity contribution in [3.8, 4) is 0 Å². The maximum atomic E-state index is 11.1. The summed E-state index contributed by atoms with van der Waals surface area (Å²) in [6, 6.07) is 0.150. The molecule has 0 saturated carbocycles. The molecule has 2 N–H and O–H groups in total. The van der Waals surface area contributed by atoms with Crippen LogP contribution in [0.4, 0.5) is 0 Å². The molecule has 0 saturated heterocycles. The van der Waals surface area contributed by atoms with Crippen molar-refractivity contribution in [3.63, 3.8) is 0 Å². The van der Waals surface area contributed by atoms with E-state index >= 15 is 0 Å². The Morgan fingerprint density at radius 3 is 2.57 bits per heavy atom. The molecule has 3 nitrogen and oxygen atoms in total. The van der Waals surface area contributed by atoms with E-state index in [-0.39, 0.29) is 11.9 Å². The first-order valence-corrected chi connectivity index (χ1v) is 4.89. The van der Waals surface area contributed by atoms with Gasteiger partial charge in [-0.25, -0.2) is 0 Å². The average molecular weight is 197 g/mol. The Morgan fingerprint density at radius 1 is 1.43 bits per heavy atom. The minimum absolute atomic E-state index is 0.115. The fraction of sp³-hybridized carbons (Fsp3) is 0.545. The first kappa shape index (κ1) is 12.9. The molecule has 3 heteroatoms.